The monoisotopic (exact) mass is 277 g/mol. The Morgan fingerprint density at radius 1 is 1.53 bits per heavy atom. The lowest BCUT2D eigenvalue weighted by Crippen LogP contribution is -2.40. The molecule has 0 radical (unpaired) electrons. The van der Waals surface area contributed by atoms with Crippen LogP contribution in [0.25, 0.3) is 0 Å². The summed E-state index contributed by atoms with van der Waals surface area (Å²) < 4.78 is 0. The first-order valence-electron chi connectivity index (χ1n) is 6.89. The maximum absolute atomic E-state index is 12.2. The summed E-state index contributed by atoms with van der Waals surface area (Å²) in [7, 11) is 0. The third kappa shape index (κ3) is 2.43. The third-order valence-corrected chi connectivity index (χ3v) is 4.23. The minimum absolute atomic E-state index is 0.195. The molecule has 1 amide bonds. The SMILES string of the molecule is O=C(CCS)N1Cc2ncccc2N2CCC[C@H]2C1. The molecular weight excluding hydrogens is 258 g/mol. The van der Waals surface area contributed by atoms with E-state index in [4.69, 9.17) is 0 Å². The molecule has 0 saturated carbocycles. The minimum Gasteiger partial charge on any atom is -0.365 e. The zero-order valence-electron chi connectivity index (χ0n) is 11.0. The van der Waals surface area contributed by atoms with Crippen LogP contribution in [0.15, 0.2) is 18.3 Å². The van der Waals surface area contributed by atoms with E-state index in [9.17, 15) is 4.79 Å². The quantitative estimate of drug-likeness (QED) is 0.836. The second-order valence-corrected chi connectivity index (χ2v) is 5.65. The minimum atomic E-state index is 0.195. The van der Waals surface area contributed by atoms with Crippen molar-refractivity contribution >= 4 is 24.2 Å². The van der Waals surface area contributed by atoms with Crippen LogP contribution >= 0.6 is 12.6 Å². The lowest BCUT2D eigenvalue weighted by Gasteiger charge is -2.27. The molecule has 4 nitrogen and oxygen atoms in total. The Morgan fingerprint density at radius 3 is 3.26 bits per heavy atom. The van der Waals surface area contributed by atoms with Gasteiger partial charge in [-0.3, -0.25) is 9.78 Å². The van der Waals surface area contributed by atoms with Crippen LogP contribution < -0.4 is 4.90 Å². The smallest absolute Gasteiger partial charge is 0.223 e. The Labute approximate surface area is 119 Å². The van der Waals surface area contributed by atoms with Crippen molar-refractivity contribution in [3.63, 3.8) is 0 Å². The van der Waals surface area contributed by atoms with E-state index in [-0.39, 0.29) is 5.91 Å². The van der Waals surface area contributed by atoms with Gasteiger partial charge in [0.05, 0.1) is 17.9 Å². The zero-order chi connectivity index (χ0) is 13.2. The van der Waals surface area contributed by atoms with Crippen molar-refractivity contribution in [3.05, 3.63) is 24.0 Å². The van der Waals surface area contributed by atoms with Crippen molar-refractivity contribution in [1.82, 2.24) is 9.88 Å². The van der Waals surface area contributed by atoms with E-state index in [0.717, 1.165) is 18.8 Å². The fraction of sp³-hybridized carbons (Fsp3) is 0.571. The number of amides is 1. The van der Waals surface area contributed by atoms with Gasteiger partial charge in [-0.1, -0.05) is 0 Å². The normalized spacial score (nSPS) is 21.8. The number of rotatable bonds is 2. The maximum Gasteiger partial charge on any atom is 0.223 e. The van der Waals surface area contributed by atoms with Crippen LogP contribution in [0.4, 0.5) is 5.69 Å². The van der Waals surface area contributed by atoms with Gasteiger partial charge < -0.3 is 9.80 Å². The van der Waals surface area contributed by atoms with Gasteiger partial charge in [0.15, 0.2) is 0 Å². The number of pyridine rings is 1. The average molecular weight is 277 g/mol. The number of carbonyl (C=O) groups is 1. The van der Waals surface area contributed by atoms with Crippen molar-refractivity contribution in [1.29, 1.82) is 0 Å². The molecule has 1 atom stereocenters. The molecule has 102 valence electrons. The van der Waals surface area contributed by atoms with Crippen molar-refractivity contribution in [3.8, 4) is 0 Å². The standard InChI is InChI=1S/C14H19N3OS/c18-14(5-8-19)16-9-11-3-2-7-17(11)13-4-1-6-15-12(13)10-16/h1,4,6,11,19H,2-3,5,7-10H2/t11-/m0/s1. The number of hydrogen-bond acceptors (Lipinski definition) is 4. The van der Waals surface area contributed by atoms with Gasteiger partial charge in [-0.25, -0.2) is 0 Å². The summed E-state index contributed by atoms with van der Waals surface area (Å²) in [5.41, 5.74) is 2.24. The lowest BCUT2D eigenvalue weighted by molar-refractivity contribution is -0.131. The second kappa shape index (κ2) is 5.41. The highest BCUT2D eigenvalue weighted by atomic mass is 32.1. The predicted octanol–water partition coefficient (Wildman–Crippen LogP) is 1.71. The Morgan fingerprint density at radius 2 is 2.42 bits per heavy atom. The van der Waals surface area contributed by atoms with E-state index in [2.05, 4.69) is 28.6 Å². The molecule has 19 heavy (non-hydrogen) atoms. The molecule has 1 aromatic rings. The molecule has 2 aliphatic rings. The number of nitrogens with zero attached hydrogens (tertiary/aromatic N) is 3. The molecular formula is C14H19N3OS. The number of anilines is 1. The molecule has 1 fully saturated rings. The fourth-order valence-corrected chi connectivity index (χ4v) is 3.29. The lowest BCUT2D eigenvalue weighted by atomic mass is 10.2. The Kier molecular flexibility index (Phi) is 3.64. The molecule has 0 spiro atoms. The van der Waals surface area contributed by atoms with E-state index in [1.165, 1.54) is 18.5 Å². The van der Waals surface area contributed by atoms with E-state index < -0.39 is 0 Å². The summed E-state index contributed by atoms with van der Waals surface area (Å²) in [4.78, 5) is 21.0. The maximum atomic E-state index is 12.2. The Bertz CT molecular complexity index is 480. The van der Waals surface area contributed by atoms with Crippen molar-refractivity contribution < 1.29 is 4.79 Å². The van der Waals surface area contributed by atoms with Crippen LogP contribution in [0.1, 0.15) is 25.0 Å². The number of fused-ring (bicyclic) bond motifs is 3. The summed E-state index contributed by atoms with van der Waals surface area (Å²) in [5, 5.41) is 0. The van der Waals surface area contributed by atoms with E-state index >= 15 is 0 Å². The summed E-state index contributed by atoms with van der Waals surface area (Å²) in [6.07, 6.45) is 4.70. The van der Waals surface area contributed by atoms with Crippen LogP contribution in [-0.2, 0) is 11.3 Å². The number of carbonyl (C=O) groups excluding carboxylic acids is 1. The summed E-state index contributed by atoms with van der Waals surface area (Å²) >= 11 is 4.16. The fourth-order valence-electron chi connectivity index (χ4n) is 3.10. The molecule has 0 unspecified atom stereocenters. The predicted molar refractivity (Wildman–Crippen MR) is 78.5 cm³/mol. The number of hydrogen-bond donors (Lipinski definition) is 1. The first kappa shape index (κ1) is 12.8. The third-order valence-electron chi connectivity index (χ3n) is 4.00. The van der Waals surface area contributed by atoms with Crippen LogP contribution in [0.3, 0.4) is 0 Å². The van der Waals surface area contributed by atoms with Gasteiger partial charge in [0.1, 0.15) is 0 Å². The number of aromatic nitrogens is 1. The van der Waals surface area contributed by atoms with Crippen molar-refractivity contribution in [2.24, 2.45) is 0 Å². The topological polar surface area (TPSA) is 36.4 Å². The highest BCUT2D eigenvalue weighted by Crippen LogP contribution is 2.32. The van der Waals surface area contributed by atoms with Crippen molar-refractivity contribution in [2.45, 2.75) is 31.8 Å². The highest BCUT2D eigenvalue weighted by molar-refractivity contribution is 7.80. The number of thiol groups is 1. The molecule has 2 aliphatic heterocycles. The molecule has 0 aliphatic carbocycles. The van der Waals surface area contributed by atoms with Crippen LogP contribution in [0, 0.1) is 0 Å². The Hall–Kier alpha value is -1.23. The summed E-state index contributed by atoms with van der Waals surface area (Å²) in [6.45, 7) is 2.54. The molecule has 5 heteroatoms. The summed E-state index contributed by atoms with van der Waals surface area (Å²) in [5.74, 6) is 0.805. The van der Waals surface area contributed by atoms with Crippen LogP contribution in [0.5, 0.6) is 0 Å². The average Bonchev–Trinajstić information content (AvgIpc) is 2.81. The molecule has 3 heterocycles. The van der Waals surface area contributed by atoms with Gasteiger partial charge in [0.2, 0.25) is 5.91 Å². The van der Waals surface area contributed by atoms with Crippen LogP contribution in [0.2, 0.25) is 0 Å². The van der Waals surface area contributed by atoms with Gasteiger partial charge in [-0.15, -0.1) is 0 Å². The largest absolute Gasteiger partial charge is 0.365 e. The van der Waals surface area contributed by atoms with E-state index in [1.54, 1.807) is 0 Å². The first-order valence-corrected chi connectivity index (χ1v) is 7.52. The van der Waals surface area contributed by atoms with Gasteiger partial charge in [-0.05, 0) is 30.7 Å². The van der Waals surface area contributed by atoms with Gasteiger partial charge in [0, 0.05) is 31.7 Å². The van der Waals surface area contributed by atoms with Gasteiger partial charge >= 0.3 is 0 Å². The van der Waals surface area contributed by atoms with E-state index in [1.807, 2.05) is 17.2 Å². The second-order valence-electron chi connectivity index (χ2n) is 5.21. The zero-order valence-corrected chi connectivity index (χ0v) is 11.9. The first-order chi connectivity index (χ1) is 9.29. The molecule has 0 bridgehead atoms. The molecule has 0 N–H and O–H groups in total. The van der Waals surface area contributed by atoms with Gasteiger partial charge in [-0.2, -0.15) is 12.6 Å². The van der Waals surface area contributed by atoms with Crippen molar-refractivity contribution in [2.75, 3.05) is 23.7 Å². The molecule has 1 aromatic heterocycles. The highest BCUT2D eigenvalue weighted by Gasteiger charge is 2.33. The van der Waals surface area contributed by atoms with Gasteiger partial charge in [0.25, 0.3) is 0 Å². The van der Waals surface area contributed by atoms with E-state index in [0.29, 0.717) is 24.8 Å². The Balaban J connectivity index is 1.91. The summed E-state index contributed by atoms with van der Waals surface area (Å²) in [6, 6.07) is 4.57. The van der Waals surface area contributed by atoms with Crippen LogP contribution in [-0.4, -0.2) is 40.7 Å². The molecule has 3 rings (SSSR count). The molecule has 0 aromatic carbocycles. The molecule has 1 saturated heterocycles.